The van der Waals surface area contributed by atoms with E-state index in [1.54, 1.807) is 48.8 Å². The molecule has 5 heteroatoms. The van der Waals surface area contributed by atoms with E-state index in [2.05, 4.69) is 15.5 Å². The molecule has 96 valence electrons. The van der Waals surface area contributed by atoms with Crippen molar-refractivity contribution in [1.29, 1.82) is 0 Å². The molecule has 5 nitrogen and oxygen atoms in total. The van der Waals surface area contributed by atoms with Gasteiger partial charge in [0.15, 0.2) is 6.10 Å². The monoisotopic (exact) mass is 255 g/mol. The van der Waals surface area contributed by atoms with Crippen LogP contribution in [0.3, 0.4) is 0 Å². The van der Waals surface area contributed by atoms with Gasteiger partial charge in [0.25, 0.3) is 5.91 Å². The molecule has 1 amide bonds. The second-order valence-electron chi connectivity index (χ2n) is 3.83. The molecule has 0 saturated heterocycles. The largest absolute Gasteiger partial charge is 0.378 e. The molecule has 1 aromatic carbocycles. The fraction of sp³-hybridized carbons (Fsp3) is 0.0714. The molecule has 0 aliphatic rings. The number of hydrazone groups is 1. The predicted molar refractivity (Wildman–Crippen MR) is 71.4 cm³/mol. The minimum Gasteiger partial charge on any atom is -0.378 e. The summed E-state index contributed by atoms with van der Waals surface area (Å²) in [6.45, 7) is 0. The number of amides is 1. The summed E-state index contributed by atoms with van der Waals surface area (Å²) in [7, 11) is 0. The van der Waals surface area contributed by atoms with Crippen LogP contribution in [0.25, 0.3) is 0 Å². The molecule has 0 radical (unpaired) electrons. The van der Waals surface area contributed by atoms with Gasteiger partial charge in [0.05, 0.1) is 6.21 Å². The zero-order chi connectivity index (χ0) is 13.5. The normalized spacial score (nSPS) is 12.3. The van der Waals surface area contributed by atoms with Crippen LogP contribution < -0.4 is 5.43 Å². The van der Waals surface area contributed by atoms with Crippen molar-refractivity contribution in [1.82, 2.24) is 10.4 Å². The van der Waals surface area contributed by atoms with Crippen molar-refractivity contribution in [3.05, 3.63) is 66.0 Å². The lowest BCUT2D eigenvalue weighted by atomic mass is 10.1. The number of rotatable bonds is 4. The molecular weight excluding hydrogens is 242 g/mol. The molecule has 2 N–H and O–H groups in total. The number of benzene rings is 1. The van der Waals surface area contributed by atoms with Gasteiger partial charge in [-0.25, -0.2) is 5.43 Å². The number of nitrogens with one attached hydrogen (secondary N) is 1. The average Bonchev–Trinajstić information content (AvgIpc) is 2.48. The number of hydrogen-bond acceptors (Lipinski definition) is 4. The van der Waals surface area contributed by atoms with Gasteiger partial charge in [0, 0.05) is 12.4 Å². The highest BCUT2D eigenvalue weighted by molar-refractivity contribution is 5.84. The van der Waals surface area contributed by atoms with Crippen molar-refractivity contribution in [2.45, 2.75) is 6.10 Å². The van der Waals surface area contributed by atoms with Crippen LogP contribution in [0, 0.1) is 0 Å². The molecule has 0 bridgehead atoms. The standard InChI is InChI=1S/C14H13N3O2/c18-13(12-4-2-1-3-5-12)14(19)17-16-10-11-6-8-15-9-7-11/h1-10,13,18H,(H,17,19)/b16-10-/t13-/m1/s1. The first-order valence-electron chi connectivity index (χ1n) is 5.73. The van der Waals surface area contributed by atoms with Gasteiger partial charge in [0.1, 0.15) is 0 Å². The maximum absolute atomic E-state index is 11.6. The maximum Gasteiger partial charge on any atom is 0.273 e. The summed E-state index contributed by atoms with van der Waals surface area (Å²) in [5, 5.41) is 13.6. The van der Waals surface area contributed by atoms with Crippen molar-refractivity contribution >= 4 is 12.1 Å². The zero-order valence-corrected chi connectivity index (χ0v) is 10.1. The molecule has 0 saturated carbocycles. The summed E-state index contributed by atoms with van der Waals surface area (Å²) in [5.74, 6) is -0.573. The van der Waals surface area contributed by atoms with E-state index in [0.29, 0.717) is 5.56 Å². The van der Waals surface area contributed by atoms with E-state index in [1.165, 1.54) is 6.21 Å². The zero-order valence-electron chi connectivity index (χ0n) is 10.1. The molecule has 19 heavy (non-hydrogen) atoms. The summed E-state index contributed by atoms with van der Waals surface area (Å²) >= 11 is 0. The Kier molecular flexibility index (Phi) is 4.36. The second kappa shape index (κ2) is 6.42. The van der Waals surface area contributed by atoms with Crippen LogP contribution in [-0.4, -0.2) is 22.2 Å². The fourth-order valence-electron chi connectivity index (χ4n) is 1.47. The van der Waals surface area contributed by atoms with Crippen LogP contribution in [0.4, 0.5) is 0 Å². The molecule has 0 aliphatic heterocycles. The van der Waals surface area contributed by atoms with E-state index < -0.39 is 12.0 Å². The summed E-state index contributed by atoms with van der Waals surface area (Å²) in [6.07, 6.45) is 3.51. The average molecular weight is 255 g/mol. The first-order valence-corrected chi connectivity index (χ1v) is 5.73. The number of aromatic nitrogens is 1. The van der Waals surface area contributed by atoms with Gasteiger partial charge in [-0.3, -0.25) is 9.78 Å². The Morgan fingerprint density at radius 1 is 1.21 bits per heavy atom. The quantitative estimate of drug-likeness (QED) is 0.638. The molecule has 2 rings (SSSR count). The van der Waals surface area contributed by atoms with Crippen molar-refractivity contribution in [3.63, 3.8) is 0 Å². The van der Waals surface area contributed by atoms with E-state index in [0.717, 1.165) is 5.56 Å². The van der Waals surface area contributed by atoms with Crippen LogP contribution in [0.2, 0.25) is 0 Å². The predicted octanol–water partition coefficient (Wildman–Crippen LogP) is 1.27. The Balaban J connectivity index is 1.93. The Bertz CT molecular complexity index is 555. The lowest BCUT2D eigenvalue weighted by Gasteiger charge is -2.08. The Morgan fingerprint density at radius 2 is 1.89 bits per heavy atom. The first kappa shape index (κ1) is 12.9. The van der Waals surface area contributed by atoms with Gasteiger partial charge in [-0.05, 0) is 23.3 Å². The smallest absolute Gasteiger partial charge is 0.273 e. The number of pyridine rings is 1. The topological polar surface area (TPSA) is 74.6 Å². The molecule has 1 heterocycles. The molecule has 1 atom stereocenters. The van der Waals surface area contributed by atoms with Crippen LogP contribution in [0.15, 0.2) is 60.0 Å². The summed E-state index contributed by atoms with van der Waals surface area (Å²) in [5.41, 5.74) is 3.63. The lowest BCUT2D eigenvalue weighted by Crippen LogP contribution is -2.25. The van der Waals surface area contributed by atoms with E-state index in [-0.39, 0.29) is 0 Å². The van der Waals surface area contributed by atoms with Gasteiger partial charge in [0.2, 0.25) is 0 Å². The lowest BCUT2D eigenvalue weighted by molar-refractivity contribution is -0.129. The number of aliphatic hydroxyl groups excluding tert-OH is 1. The minimum absolute atomic E-state index is 0.527. The first-order chi connectivity index (χ1) is 9.27. The number of nitrogens with zero attached hydrogens (tertiary/aromatic N) is 2. The number of aliphatic hydroxyl groups is 1. The summed E-state index contributed by atoms with van der Waals surface area (Å²) in [6, 6.07) is 12.2. The number of hydrogen-bond donors (Lipinski definition) is 2. The van der Waals surface area contributed by atoms with Crippen LogP contribution in [-0.2, 0) is 4.79 Å². The minimum atomic E-state index is -1.23. The molecule has 2 aromatic rings. The van der Waals surface area contributed by atoms with E-state index in [4.69, 9.17) is 0 Å². The molecular formula is C14H13N3O2. The third kappa shape index (κ3) is 3.72. The van der Waals surface area contributed by atoms with Crippen molar-refractivity contribution in [3.8, 4) is 0 Å². The van der Waals surface area contributed by atoms with Crippen LogP contribution in [0.5, 0.6) is 0 Å². The van der Waals surface area contributed by atoms with E-state index >= 15 is 0 Å². The van der Waals surface area contributed by atoms with Gasteiger partial charge in [-0.2, -0.15) is 5.10 Å². The third-order valence-electron chi connectivity index (χ3n) is 2.46. The van der Waals surface area contributed by atoms with Crippen molar-refractivity contribution in [2.24, 2.45) is 5.10 Å². The third-order valence-corrected chi connectivity index (χ3v) is 2.46. The Morgan fingerprint density at radius 3 is 2.58 bits per heavy atom. The SMILES string of the molecule is O=C(N/N=C\c1ccncc1)[C@H](O)c1ccccc1. The molecule has 1 aromatic heterocycles. The highest BCUT2D eigenvalue weighted by atomic mass is 16.3. The highest BCUT2D eigenvalue weighted by Gasteiger charge is 2.15. The van der Waals surface area contributed by atoms with Gasteiger partial charge in [-0.15, -0.1) is 0 Å². The molecule has 0 aliphatic carbocycles. The molecule has 0 fully saturated rings. The number of carbonyl (C=O) groups is 1. The van der Waals surface area contributed by atoms with Crippen LogP contribution in [0.1, 0.15) is 17.2 Å². The molecule has 0 spiro atoms. The Hall–Kier alpha value is -2.53. The van der Waals surface area contributed by atoms with E-state index in [1.807, 2.05) is 6.07 Å². The summed E-state index contributed by atoms with van der Waals surface area (Å²) in [4.78, 5) is 15.5. The number of carbonyl (C=O) groups excluding carboxylic acids is 1. The molecule has 0 unspecified atom stereocenters. The van der Waals surface area contributed by atoms with Crippen molar-refractivity contribution < 1.29 is 9.90 Å². The van der Waals surface area contributed by atoms with Gasteiger partial charge < -0.3 is 5.11 Å². The van der Waals surface area contributed by atoms with Crippen molar-refractivity contribution in [2.75, 3.05) is 0 Å². The highest BCUT2D eigenvalue weighted by Crippen LogP contribution is 2.11. The van der Waals surface area contributed by atoms with Gasteiger partial charge >= 0.3 is 0 Å². The second-order valence-corrected chi connectivity index (χ2v) is 3.83. The van der Waals surface area contributed by atoms with Gasteiger partial charge in [-0.1, -0.05) is 30.3 Å². The maximum atomic E-state index is 11.6. The van der Waals surface area contributed by atoms with E-state index in [9.17, 15) is 9.90 Å². The fourth-order valence-corrected chi connectivity index (χ4v) is 1.47. The Labute approximate surface area is 110 Å². The summed E-state index contributed by atoms with van der Waals surface area (Å²) < 4.78 is 0. The van der Waals surface area contributed by atoms with Crippen LogP contribution >= 0.6 is 0 Å².